The molecule has 1 heterocycles. The number of hydrogen-bond donors (Lipinski definition) is 1. The molecule has 23 heavy (non-hydrogen) atoms. The van der Waals surface area contributed by atoms with E-state index >= 15 is 0 Å². The fraction of sp³-hybridized carbons (Fsp3) is 0.588. The first kappa shape index (κ1) is 16.5. The zero-order valence-corrected chi connectivity index (χ0v) is 14.3. The third kappa shape index (κ3) is 3.93. The fourth-order valence-electron chi connectivity index (χ4n) is 2.85. The van der Waals surface area contributed by atoms with E-state index in [0.717, 1.165) is 25.7 Å². The maximum absolute atomic E-state index is 12.2. The van der Waals surface area contributed by atoms with Crippen LogP contribution in [0, 0.1) is 5.92 Å². The molecular formula is C17H24N2O3S. The van der Waals surface area contributed by atoms with Crippen LogP contribution in [0.4, 0.5) is 0 Å². The van der Waals surface area contributed by atoms with Crippen LogP contribution >= 0.6 is 0 Å². The van der Waals surface area contributed by atoms with E-state index in [9.17, 15) is 13.2 Å². The summed E-state index contributed by atoms with van der Waals surface area (Å²) in [6.45, 7) is 2.68. The largest absolute Gasteiger partial charge is 0.353 e. The summed E-state index contributed by atoms with van der Waals surface area (Å²) in [5.74, 6) is -0.212. The number of carbonyl (C=O) groups excluding carboxylic acids is 1. The summed E-state index contributed by atoms with van der Waals surface area (Å²) in [6.07, 6.45) is 3.35. The Labute approximate surface area is 138 Å². The minimum absolute atomic E-state index is 0.0205. The molecule has 1 aliphatic carbocycles. The van der Waals surface area contributed by atoms with Gasteiger partial charge in [0.2, 0.25) is 15.9 Å². The van der Waals surface area contributed by atoms with Gasteiger partial charge in [0, 0.05) is 19.1 Å². The Bertz CT molecular complexity index is 650. The van der Waals surface area contributed by atoms with Gasteiger partial charge in [-0.1, -0.05) is 30.3 Å². The lowest BCUT2D eigenvalue weighted by molar-refractivity contribution is -0.128. The Morgan fingerprint density at radius 1 is 1.26 bits per heavy atom. The molecule has 1 saturated carbocycles. The Morgan fingerprint density at radius 2 is 1.91 bits per heavy atom. The molecule has 1 aromatic rings. The zero-order chi connectivity index (χ0) is 16.4. The summed E-state index contributed by atoms with van der Waals surface area (Å²) in [5, 5.41) is 2.82. The van der Waals surface area contributed by atoms with Gasteiger partial charge in [-0.25, -0.2) is 8.42 Å². The Balaban J connectivity index is 1.40. The first-order valence-corrected chi connectivity index (χ1v) is 9.80. The molecule has 1 saturated heterocycles. The van der Waals surface area contributed by atoms with Crippen molar-refractivity contribution in [3.8, 4) is 0 Å². The van der Waals surface area contributed by atoms with E-state index in [1.54, 1.807) is 0 Å². The van der Waals surface area contributed by atoms with E-state index in [0.29, 0.717) is 13.1 Å². The van der Waals surface area contributed by atoms with Crippen LogP contribution in [0.25, 0.3) is 0 Å². The number of benzene rings is 1. The van der Waals surface area contributed by atoms with Crippen molar-refractivity contribution in [2.24, 2.45) is 5.92 Å². The van der Waals surface area contributed by atoms with Crippen LogP contribution in [0.5, 0.6) is 0 Å². The number of carbonyl (C=O) groups is 1. The van der Waals surface area contributed by atoms with Crippen LogP contribution in [0.3, 0.4) is 0 Å². The van der Waals surface area contributed by atoms with Gasteiger partial charge in [-0.05, 0) is 38.2 Å². The number of rotatable bonds is 7. The molecule has 0 bridgehead atoms. The van der Waals surface area contributed by atoms with Crippen molar-refractivity contribution in [2.75, 3.05) is 13.1 Å². The van der Waals surface area contributed by atoms with E-state index in [1.807, 2.05) is 25.1 Å². The van der Waals surface area contributed by atoms with Gasteiger partial charge in [0.15, 0.2) is 0 Å². The van der Waals surface area contributed by atoms with Gasteiger partial charge in [-0.2, -0.15) is 4.31 Å². The molecule has 2 fully saturated rings. The summed E-state index contributed by atoms with van der Waals surface area (Å²) in [4.78, 5) is 12.2. The van der Waals surface area contributed by atoms with E-state index in [1.165, 1.54) is 9.87 Å². The minimum Gasteiger partial charge on any atom is -0.353 e. The molecule has 5 nitrogen and oxygen atoms in total. The highest BCUT2D eigenvalue weighted by Crippen LogP contribution is 2.34. The number of nitrogens with one attached hydrogen (secondary N) is 1. The molecule has 0 unspecified atom stereocenters. The fourth-order valence-corrected chi connectivity index (χ4v) is 4.78. The average Bonchev–Trinajstić information content (AvgIpc) is 3.29. The molecule has 126 valence electrons. The summed E-state index contributed by atoms with van der Waals surface area (Å²) in [7, 11) is -3.12. The van der Waals surface area contributed by atoms with Crippen LogP contribution in [0.15, 0.2) is 30.3 Å². The quantitative estimate of drug-likeness (QED) is 0.821. The molecule has 1 amide bonds. The average molecular weight is 336 g/mol. The Kier molecular flexibility index (Phi) is 4.73. The molecule has 1 aromatic carbocycles. The van der Waals surface area contributed by atoms with Crippen LogP contribution in [0.2, 0.25) is 0 Å². The van der Waals surface area contributed by atoms with Crippen molar-refractivity contribution in [3.05, 3.63) is 35.9 Å². The highest BCUT2D eigenvalue weighted by Gasteiger charge is 2.46. The number of sulfonamides is 1. The summed E-state index contributed by atoms with van der Waals surface area (Å²) in [6, 6.07) is 10.3. The molecular weight excluding hydrogens is 312 g/mol. The Morgan fingerprint density at radius 3 is 2.52 bits per heavy atom. The molecule has 3 rings (SSSR count). The molecule has 0 spiro atoms. The topological polar surface area (TPSA) is 66.5 Å². The first-order valence-electron chi connectivity index (χ1n) is 8.30. The lowest BCUT2D eigenvalue weighted by Crippen LogP contribution is -2.57. The number of hydrogen-bond acceptors (Lipinski definition) is 3. The predicted molar refractivity (Wildman–Crippen MR) is 89.4 cm³/mol. The monoisotopic (exact) mass is 336 g/mol. The molecule has 0 radical (unpaired) electrons. The molecule has 0 aromatic heterocycles. The normalized spacial score (nSPS) is 20.7. The van der Waals surface area contributed by atoms with Gasteiger partial charge in [0.1, 0.15) is 0 Å². The predicted octanol–water partition coefficient (Wildman–Crippen LogP) is 1.55. The summed E-state index contributed by atoms with van der Waals surface area (Å²) >= 11 is 0. The summed E-state index contributed by atoms with van der Waals surface area (Å²) in [5.41, 5.74) is 1.26. The van der Waals surface area contributed by atoms with Gasteiger partial charge in [0.05, 0.1) is 11.2 Å². The number of aryl methyl sites for hydroxylation is 1. The third-order valence-corrected chi connectivity index (χ3v) is 6.95. The van der Waals surface area contributed by atoms with Crippen LogP contribution < -0.4 is 5.32 Å². The summed E-state index contributed by atoms with van der Waals surface area (Å²) < 4.78 is 25.5. The van der Waals surface area contributed by atoms with Gasteiger partial charge in [-0.15, -0.1) is 0 Å². The maximum Gasteiger partial charge on any atom is 0.225 e. The molecule has 1 atom stereocenters. The first-order chi connectivity index (χ1) is 11.0. The second-order valence-corrected chi connectivity index (χ2v) is 8.91. The highest BCUT2D eigenvalue weighted by molar-refractivity contribution is 7.90. The molecule has 2 aliphatic rings. The van der Waals surface area contributed by atoms with Gasteiger partial charge in [0.25, 0.3) is 0 Å². The van der Waals surface area contributed by atoms with Crippen molar-refractivity contribution >= 4 is 15.9 Å². The van der Waals surface area contributed by atoms with E-state index in [2.05, 4.69) is 17.4 Å². The van der Waals surface area contributed by atoms with Crippen LogP contribution in [-0.4, -0.2) is 43.0 Å². The molecule has 6 heteroatoms. The lowest BCUT2D eigenvalue weighted by Gasteiger charge is -2.37. The van der Waals surface area contributed by atoms with E-state index in [-0.39, 0.29) is 23.1 Å². The SMILES string of the molecule is C[C@@H](CCc1ccccc1)NC(=O)C1CN(S(=O)(=O)C2CC2)C1. The molecule has 1 N–H and O–H groups in total. The molecule has 1 aliphatic heterocycles. The van der Waals surface area contributed by atoms with Crippen molar-refractivity contribution < 1.29 is 13.2 Å². The van der Waals surface area contributed by atoms with Gasteiger partial charge >= 0.3 is 0 Å². The van der Waals surface area contributed by atoms with Gasteiger partial charge in [-0.3, -0.25) is 4.79 Å². The second kappa shape index (κ2) is 6.61. The van der Waals surface area contributed by atoms with Crippen molar-refractivity contribution in [1.82, 2.24) is 9.62 Å². The lowest BCUT2D eigenvalue weighted by atomic mass is 10.0. The van der Waals surface area contributed by atoms with Crippen molar-refractivity contribution in [2.45, 2.75) is 43.9 Å². The smallest absolute Gasteiger partial charge is 0.225 e. The van der Waals surface area contributed by atoms with Crippen LogP contribution in [-0.2, 0) is 21.2 Å². The van der Waals surface area contributed by atoms with Crippen LogP contribution in [0.1, 0.15) is 31.7 Å². The number of amides is 1. The second-order valence-electron chi connectivity index (χ2n) is 6.69. The van der Waals surface area contributed by atoms with Gasteiger partial charge < -0.3 is 5.32 Å². The highest BCUT2D eigenvalue weighted by atomic mass is 32.2. The zero-order valence-electron chi connectivity index (χ0n) is 13.4. The van der Waals surface area contributed by atoms with Crippen molar-refractivity contribution in [1.29, 1.82) is 0 Å². The Hall–Kier alpha value is -1.40. The number of nitrogens with zero attached hydrogens (tertiary/aromatic N) is 1. The standard InChI is InChI=1S/C17H24N2O3S/c1-13(7-8-14-5-3-2-4-6-14)18-17(20)15-11-19(12-15)23(21,22)16-9-10-16/h2-6,13,15-16H,7-12H2,1H3,(H,18,20)/t13-/m0/s1. The van der Waals surface area contributed by atoms with E-state index < -0.39 is 10.0 Å². The third-order valence-electron chi connectivity index (χ3n) is 4.62. The minimum atomic E-state index is -3.12. The maximum atomic E-state index is 12.2. The van der Waals surface area contributed by atoms with Crippen molar-refractivity contribution in [3.63, 3.8) is 0 Å². The van der Waals surface area contributed by atoms with E-state index in [4.69, 9.17) is 0 Å².